The molecule has 4 nitrogen and oxygen atoms in total. The predicted octanol–water partition coefficient (Wildman–Crippen LogP) is 2.61. The van der Waals surface area contributed by atoms with Gasteiger partial charge in [0.1, 0.15) is 0 Å². The van der Waals surface area contributed by atoms with E-state index in [2.05, 4.69) is 61.6 Å². The third-order valence-electron chi connectivity index (χ3n) is 3.47. The zero-order valence-electron chi connectivity index (χ0n) is 13.2. The first kappa shape index (κ1) is 15.6. The van der Waals surface area contributed by atoms with E-state index in [1.807, 2.05) is 6.20 Å². The highest BCUT2D eigenvalue weighted by Gasteiger charge is 2.24. The van der Waals surface area contributed by atoms with Gasteiger partial charge in [-0.15, -0.1) is 0 Å². The Labute approximate surface area is 126 Å². The maximum atomic E-state index is 4.71. The molecule has 1 aliphatic heterocycles. The highest BCUT2D eigenvalue weighted by atomic mass is 32.2. The van der Waals surface area contributed by atoms with Gasteiger partial charge in [-0.05, 0) is 6.92 Å². The van der Waals surface area contributed by atoms with Gasteiger partial charge in [-0.2, -0.15) is 11.8 Å². The highest BCUT2D eigenvalue weighted by Crippen LogP contribution is 2.27. The van der Waals surface area contributed by atoms with E-state index in [-0.39, 0.29) is 0 Å². The topological polar surface area (TPSA) is 41.1 Å². The molecule has 1 fully saturated rings. The van der Waals surface area contributed by atoms with Gasteiger partial charge in [0.05, 0.1) is 0 Å². The molecule has 0 bridgehead atoms. The summed E-state index contributed by atoms with van der Waals surface area (Å²) in [7, 11) is 0. The third-order valence-corrected chi connectivity index (χ3v) is 4.70. The van der Waals surface area contributed by atoms with E-state index in [0.29, 0.717) is 16.5 Å². The molecule has 1 aliphatic rings. The zero-order chi connectivity index (χ0) is 14.7. The van der Waals surface area contributed by atoms with Gasteiger partial charge in [-0.25, -0.2) is 9.97 Å². The number of hydrogen-bond acceptors (Lipinski definition) is 5. The number of aryl methyl sites for hydroxylation is 1. The Balaban J connectivity index is 2.08. The van der Waals surface area contributed by atoms with Gasteiger partial charge in [0.2, 0.25) is 5.95 Å². The van der Waals surface area contributed by atoms with Crippen molar-refractivity contribution in [3.05, 3.63) is 17.5 Å². The second-order valence-electron chi connectivity index (χ2n) is 5.98. The van der Waals surface area contributed by atoms with Crippen LogP contribution in [0.15, 0.2) is 6.20 Å². The Bertz CT molecular complexity index is 439. The maximum Gasteiger partial charge on any atom is 0.225 e. The van der Waals surface area contributed by atoms with Crippen LogP contribution in [0.1, 0.15) is 39.0 Å². The normalized spacial score (nSPS) is 23.4. The molecule has 0 amide bonds. The Hall–Kier alpha value is -0.810. The number of nitrogens with zero attached hydrogens (tertiary/aromatic N) is 3. The van der Waals surface area contributed by atoms with Crippen molar-refractivity contribution in [3.8, 4) is 0 Å². The molecular formula is C15H26N4S. The predicted molar refractivity (Wildman–Crippen MR) is 87.5 cm³/mol. The van der Waals surface area contributed by atoms with E-state index >= 15 is 0 Å². The fourth-order valence-electron chi connectivity index (χ4n) is 2.46. The number of rotatable bonds is 4. The SMILES string of the molecule is Cc1nc(N2CC(C)SC(C)C2)ncc1CNC(C)C. The molecule has 1 aromatic heterocycles. The lowest BCUT2D eigenvalue weighted by molar-refractivity contribution is 0.584. The lowest BCUT2D eigenvalue weighted by Gasteiger charge is -2.34. The van der Waals surface area contributed by atoms with Crippen molar-refractivity contribution in [2.45, 2.75) is 57.7 Å². The average molecular weight is 294 g/mol. The molecule has 0 saturated carbocycles. The van der Waals surface area contributed by atoms with Crippen LogP contribution in [-0.2, 0) is 6.54 Å². The van der Waals surface area contributed by atoms with Crippen LogP contribution < -0.4 is 10.2 Å². The summed E-state index contributed by atoms with van der Waals surface area (Å²) in [5.41, 5.74) is 2.27. The van der Waals surface area contributed by atoms with Gasteiger partial charge in [0.25, 0.3) is 0 Å². The van der Waals surface area contributed by atoms with Crippen molar-refractivity contribution in [1.29, 1.82) is 0 Å². The summed E-state index contributed by atoms with van der Waals surface area (Å²) in [6, 6.07) is 0.481. The molecule has 0 aliphatic carbocycles. The van der Waals surface area contributed by atoms with Crippen LogP contribution in [0.2, 0.25) is 0 Å². The molecule has 112 valence electrons. The summed E-state index contributed by atoms with van der Waals surface area (Å²) in [6.07, 6.45) is 1.98. The highest BCUT2D eigenvalue weighted by molar-refractivity contribution is 8.00. The van der Waals surface area contributed by atoms with Crippen LogP contribution in [0.3, 0.4) is 0 Å². The molecule has 20 heavy (non-hydrogen) atoms. The molecule has 2 unspecified atom stereocenters. The Morgan fingerprint density at radius 2 is 2.00 bits per heavy atom. The molecule has 0 radical (unpaired) electrons. The van der Waals surface area contributed by atoms with Crippen molar-refractivity contribution >= 4 is 17.7 Å². The van der Waals surface area contributed by atoms with Crippen LogP contribution in [0.4, 0.5) is 5.95 Å². The minimum absolute atomic E-state index is 0.481. The van der Waals surface area contributed by atoms with Gasteiger partial charge in [-0.3, -0.25) is 0 Å². The van der Waals surface area contributed by atoms with Crippen molar-refractivity contribution in [2.75, 3.05) is 18.0 Å². The molecule has 5 heteroatoms. The van der Waals surface area contributed by atoms with E-state index in [4.69, 9.17) is 4.98 Å². The quantitative estimate of drug-likeness (QED) is 0.924. The fourth-order valence-corrected chi connectivity index (χ4v) is 3.79. The van der Waals surface area contributed by atoms with Crippen molar-refractivity contribution < 1.29 is 0 Å². The summed E-state index contributed by atoms with van der Waals surface area (Å²) in [4.78, 5) is 11.6. The second kappa shape index (κ2) is 6.76. The minimum atomic E-state index is 0.481. The lowest BCUT2D eigenvalue weighted by Crippen LogP contribution is -2.41. The number of hydrogen-bond donors (Lipinski definition) is 1. The van der Waals surface area contributed by atoms with Gasteiger partial charge < -0.3 is 10.2 Å². The first-order valence-electron chi connectivity index (χ1n) is 7.42. The van der Waals surface area contributed by atoms with Crippen LogP contribution in [-0.4, -0.2) is 39.6 Å². The molecule has 1 N–H and O–H groups in total. The number of anilines is 1. The monoisotopic (exact) mass is 294 g/mol. The minimum Gasteiger partial charge on any atom is -0.339 e. The molecule has 2 atom stereocenters. The van der Waals surface area contributed by atoms with Crippen LogP contribution in [0, 0.1) is 6.92 Å². The molecule has 2 heterocycles. The van der Waals surface area contributed by atoms with Gasteiger partial charge in [-0.1, -0.05) is 27.7 Å². The largest absolute Gasteiger partial charge is 0.339 e. The van der Waals surface area contributed by atoms with E-state index in [1.165, 1.54) is 5.56 Å². The first-order chi connectivity index (χ1) is 9.45. The molecule has 1 saturated heterocycles. The summed E-state index contributed by atoms with van der Waals surface area (Å²) in [5, 5.41) is 4.71. The van der Waals surface area contributed by atoms with E-state index < -0.39 is 0 Å². The van der Waals surface area contributed by atoms with Gasteiger partial charge in [0, 0.05) is 53.6 Å². The Kier molecular flexibility index (Phi) is 5.27. The zero-order valence-corrected chi connectivity index (χ0v) is 14.0. The summed E-state index contributed by atoms with van der Waals surface area (Å²) in [5.74, 6) is 0.884. The summed E-state index contributed by atoms with van der Waals surface area (Å²) < 4.78 is 0. The smallest absolute Gasteiger partial charge is 0.225 e. The van der Waals surface area contributed by atoms with Gasteiger partial charge >= 0.3 is 0 Å². The van der Waals surface area contributed by atoms with E-state index in [9.17, 15) is 0 Å². The fraction of sp³-hybridized carbons (Fsp3) is 0.733. The second-order valence-corrected chi connectivity index (χ2v) is 7.86. The summed E-state index contributed by atoms with van der Waals surface area (Å²) in [6.45, 7) is 13.9. The Morgan fingerprint density at radius 1 is 1.35 bits per heavy atom. The van der Waals surface area contributed by atoms with Crippen LogP contribution >= 0.6 is 11.8 Å². The third kappa shape index (κ3) is 4.09. The van der Waals surface area contributed by atoms with Gasteiger partial charge in [0.15, 0.2) is 0 Å². The standard InChI is InChI=1S/C15H26N4S/c1-10(2)16-6-14-7-17-15(18-13(14)5)19-8-11(3)20-12(4)9-19/h7,10-12,16H,6,8-9H2,1-5H3. The molecule has 2 rings (SSSR count). The van der Waals surface area contributed by atoms with E-state index in [1.54, 1.807) is 0 Å². The van der Waals surface area contributed by atoms with Crippen molar-refractivity contribution in [3.63, 3.8) is 0 Å². The van der Waals surface area contributed by atoms with Crippen molar-refractivity contribution in [1.82, 2.24) is 15.3 Å². The molecule has 0 aromatic carbocycles. The molecule has 1 aromatic rings. The molecular weight excluding hydrogens is 268 g/mol. The number of aromatic nitrogens is 2. The first-order valence-corrected chi connectivity index (χ1v) is 8.36. The summed E-state index contributed by atoms with van der Waals surface area (Å²) >= 11 is 2.05. The number of nitrogens with one attached hydrogen (secondary N) is 1. The van der Waals surface area contributed by atoms with E-state index in [0.717, 1.165) is 31.3 Å². The van der Waals surface area contributed by atoms with Crippen LogP contribution in [0.5, 0.6) is 0 Å². The molecule has 0 spiro atoms. The lowest BCUT2D eigenvalue weighted by atomic mass is 10.2. The maximum absolute atomic E-state index is 4.71. The van der Waals surface area contributed by atoms with Crippen molar-refractivity contribution in [2.24, 2.45) is 0 Å². The van der Waals surface area contributed by atoms with Crippen LogP contribution in [0.25, 0.3) is 0 Å². The number of thioether (sulfide) groups is 1. The average Bonchev–Trinajstić information content (AvgIpc) is 2.35. The Morgan fingerprint density at radius 3 is 2.55 bits per heavy atom.